The Morgan fingerprint density at radius 3 is 2.58 bits per heavy atom. The highest BCUT2D eigenvalue weighted by Gasteiger charge is 2.29. The second-order valence-corrected chi connectivity index (χ2v) is 6.68. The van der Waals surface area contributed by atoms with Gasteiger partial charge in [0, 0.05) is 10.8 Å². The zero-order chi connectivity index (χ0) is 13.7. The number of thioether (sulfide) groups is 1. The maximum atomic E-state index is 12.4. The Hall–Kier alpha value is -0.760. The van der Waals surface area contributed by atoms with Crippen molar-refractivity contribution in [2.24, 2.45) is 11.8 Å². The molecule has 1 saturated carbocycles. The fraction of sp³-hybridized carbons (Fsp3) is 0.588. The predicted molar refractivity (Wildman–Crippen MR) is 82.6 cm³/mol. The molecule has 2 rings (SSSR count). The van der Waals surface area contributed by atoms with Crippen molar-refractivity contribution in [3.8, 4) is 0 Å². The van der Waals surface area contributed by atoms with Crippen molar-refractivity contribution in [2.75, 3.05) is 5.75 Å². The number of carbonyl (C=O) groups excluding carboxylic acids is 1. The van der Waals surface area contributed by atoms with Crippen molar-refractivity contribution in [3.63, 3.8) is 0 Å². The van der Waals surface area contributed by atoms with Gasteiger partial charge < -0.3 is 0 Å². The Balaban J connectivity index is 1.87. The summed E-state index contributed by atoms with van der Waals surface area (Å²) in [5.74, 6) is 2.08. The Morgan fingerprint density at radius 1 is 1.21 bits per heavy atom. The third kappa shape index (κ3) is 4.10. The van der Waals surface area contributed by atoms with Gasteiger partial charge in [-0.15, -0.1) is 11.8 Å². The average Bonchev–Trinajstić information content (AvgIpc) is 2.46. The molecule has 19 heavy (non-hydrogen) atoms. The van der Waals surface area contributed by atoms with Gasteiger partial charge in [-0.3, -0.25) is 4.79 Å². The van der Waals surface area contributed by atoms with Gasteiger partial charge in [-0.05, 0) is 37.8 Å². The molecular formula is C17H24OS. The van der Waals surface area contributed by atoms with E-state index in [1.807, 2.05) is 0 Å². The minimum absolute atomic E-state index is 0.330. The van der Waals surface area contributed by atoms with E-state index in [0.717, 1.165) is 12.8 Å². The molecule has 1 aliphatic rings. The molecule has 0 aliphatic heterocycles. The zero-order valence-corrected chi connectivity index (χ0v) is 12.8. The molecule has 0 radical (unpaired) electrons. The maximum absolute atomic E-state index is 12.4. The van der Waals surface area contributed by atoms with Crippen LogP contribution >= 0.6 is 11.8 Å². The maximum Gasteiger partial charge on any atom is 0.146 e. The summed E-state index contributed by atoms with van der Waals surface area (Å²) < 4.78 is 0. The van der Waals surface area contributed by atoms with E-state index in [0.29, 0.717) is 23.4 Å². The first-order valence-electron chi connectivity index (χ1n) is 7.43. The molecule has 1 nitrogen and oxygen atoms in total. The molecular weight excluding hydrogens is 252 g/mol. The van der Waals surface area contributed by atoms with Gasteiger partial charge in [-0.2, -0.15) is 0 Å². The Bertz CT molecular complexity index is 410. The van der Waals surface area contributed by atoms with E-state index in [-0.39, 0.29) is 0 Å². The van der Waals surface area contributed by atoms with Crippen LogP contribution in [0.15, 0.2) is 29.2 Å². The number of aryl methyl sites for hydroxylation is 1. The molecule has 1 fully saturated rings. The summed E-state index contributed by atoms with van der Waals surface area (Å²) in [7, 11) is 0. The standard InChI is InChI=1S/C17H24OS/c1-3-14-6-4-5-7-16(14)17(18)12-19-15-10-8-13(2)9-11-15/h8-11,14,16H,3-7,12H2,1-2H3. The van der Waals surface area contributed by atoms with Crippen molar-refractivity contribution >= 4 is 17.5 Å². The summed E-state index contributed by atoms with van der Waals surface area (Å²) in [6.07, 6.45) is 6.08. The zero-order valence-electron chi connectivity index (χ0n) is 12.0. The monoisotopic (exact) mass is 276 g/mol. The number of carbonyl (C=O) groups is 1. The van der Waals surface area contributed by atoms with E-state index in [1.165, 1.54) is 29.7 Å². The van der Waals surface area contributed by atoms with E-state index in [4.69, 9.17) is 0 Å². The van der Waals surface area contributed by atoms with Crippen molar-refractivity contribution in [2.45, 2.75) is 50.8 Å². The van der Waals surface area contributed by atoms with Gasteiger partial charge in [0.2, 0.25) is 0 Å². The van der Waals surface area contributed by atoms with Crippen LogP contribution in [0.2, 0.25) is 0 Å². The summed E-state index contributed by atoms with van der Waals surface area (Å²) in [6.45, 7) is 4.32. The first-order valence-corrected chi connectivity index (χ1v) is 8.41. The predicted octanol–water partition coefficient (Wildman–Crippen LogP) is 4.87. The van der Waals surface area contributed by atoms with Gasteiger partial charge in [0.05, 0.1) is 5.75 Å². The van der Waals surface area contributed by atoms with Crippen molar-refractivity contribution in [3.05, 3.63) is 29.8 Å². The number of rotatable bonds is 5. The molecule has 104 valence electrons. The van der Waals surface area contributed by atoms with Crippen molar-refractivity contribution < 1.29 is 4.79 Å². The highest BCUT2D eigenvalue weighted by molar-refractivity contribution is 8.00. The van der Waals surface area contributed by atoms with Crippen LogP contribution in [0, 0.1) is 18.8 Å². The molecule has 1 aromatic rings. The van der Waals surface area contributed by atoms with Crippen LogP contribution in [0.1, 0.15) is 44.6 Å². The van der Waals surface area contributed by atoms with Crippen molar-refractivity contribution in [1.29, 1.82) is 0 Å². The molecule has 0 aromatic heterocycles. The van der Waals surface area contributed by atoms with Gasteiger partial charge in [0.1, 0.15) is 5.78 Å². The van der Waals surface area contributed by atoms with Gasteiger partial charge >= 0.3 is 0 Å². The molecule has 1 aromatic carbocycles. The summed E-state index contributed by atoms with van der Waals surface area (Å²) >= 11 is 1.69. The first-order chi connectivity index (χ1) is 9.20. The number of hydrogen-bond donors (Lipinski definition) is 0. The minimum Gasteiger partial charge on any atom is -0.298 e. The molecule has 2 heteroatoms. The van der Waals surface area contributed by atoms with Gasteiger partial charge in [0.25, 0.3) is 0 Å². The van der Waals surface area contributed by atoms with E-state index in [9.17, 15) is 4.79 Å². The van der Waals surface area contributed by atoms with Gasteiger partial charge in [-0.1, -0.05) is 43.9 Å². The lowest BCUT2D eigenvalue weighted by Crippen LogP contribution is -2.28. The summed E-state index contributed by atoms with van der Waals surface area (Å²) in [4.78, 5) is 13.6. The fourth-order valence-electron chi connectivity index (χ4n) is 3.02. The Kier molecular flexibility index (Phi) is 5.50. The number of hydrogen-bond acceptors (Lipinski definition) is 2. The number of benzene rings is 1. The molecule has 0 N–H and O–H groups in total. The molecule has 2 atom stereocenters. The Labute approximate surface area is 121 Å². The van der Waals surface area contributed by atoms with Gasteiger partial charge in [-0.25, -0.2) is 0 Å². The lowest BCUT2D eigenvalue weighted by molar-refractivity contribution is -0.123. The SMILES string of the molecule is CCC1CCCCC1C(=O)CSc1ccc(C)cc1. The largest absolute Gasteiger partial charge is 0.298 e. The minimum atomic E-state index is 0.330. The highest BCUT2D eigenvalue weighted by atomic mass is 32.2. The Morgan fingerprint density at radius 2 is 1.89 bits per heavy atom. The molecule has 2 unspecified atom stereocenters. The highest BCUT2D eigenvalue weighted by Crippen LogP contribution is 2.34. The van der Waals surface area contributed by atoms with Crippen LogP contribution in [0.4, 0.5) is 0 Å². The van der Waals surface area contributed by atoms with E-state index in [1.54, 1.807) is 11.8 Å². The third-order valence-corrected chi connectivity index (χ3v) is 5.28. The van der Waals surface area contributed by atoms with Crippen LogP contribution in [0.5, 0.6) is 0 Å². The van der Waals surface area contributed by atoms with Crippen LogP contribution in [0.3, 0.4) is 0 Å². The van der Waals surface area contributed by atoms with Crippen LogP contribution in [0.25, 0.3) is 0 Å². The molecule has 0 heterocycles. The van der Waals surface area contributed by atoms with Crippen LogP contribution < -0.4 is 0 Å². The number of ketones is 1. The summed E-state index contributed by atoms with van der Waals surface area (Å²) in [5.41, 5.74) is 1.27. The third-order valence-electron chi connectivity index (χ3n) is 4.25. The summed E-state index contributed by atoms with van der Waals surface area (Å²) in [6, 6.07) is 8.46. The van der Waals surface area contributed by atoms with Crippen molar-refractivity contribution in [1.82, 2.24) is 0 Å². The fourth-order valence-corrected chi connectivity index (χ4v) is 3.87. The van der Waals surface area contributed by atoms with Gasteiger partial charge in [0.15, 0.2) is 0 Å². The molecule has 1 aliphatic carbocycles. The van der Waals surface area contributed by atoms with Crippen LogP contribution in [-0.4, -0.2) is 11.5 Å². The second kappa shape index (κ2) is 7.14. The molecule has 0 saturated heterocycles. The lowest BCUT2D eigenvalue weighted by atomic mass is 9.76. The van der Waals surface area contributed by atoms with Crippen LogP contribution in [-0.2, 0) is 4.79 Å². The first kappa shape index (κ1) is 14.6. The normalized spacial score (nSPS) is 23.3. The topological polar surface area (TPSA) is 17.1 Å². The van der Waals surface area contributed by atoms with E-state index in [2.05, 4.69) is 38.1 Å². The van der Waals surface area contributed by atoms with E-state index >= 15 is 0 Å². The second-order valence-electron chi connectivity index (χ2n) is 5.63. The quantitative estimate of drug-likeness (QED) is 0.713. The molecule has 0 bridgehead atoms. The molecule has 0 spiro atoms. The molecule has 0 amide bonds. The smallest absolute Gasteiger partial charge is 0.146 e. The summed E-state index contributed by atoms with van der Waals surface area (Å²) in [5, 5.41) is 0. The number of Topliss-reactive ketones (excluding diaryl/α,β-unsaturated/α-hetero) is 1. The lowest BCUT2D eigenvalue weighted by Gasteiger charge is -2.29. The van der Waals surface area contributed by atoms with E-state index < -0.39 is 0 Å². The average molecular weight is 276 g/mol.